The van der Waals surface area contributed by atoms with Crippen LogP contribution < -0.4 is 9.80 Å². The fraction of sp³-hybridized carbons (Fsp3) is 0.118. The number of hydrogen-bond acceptors (Lipinski definition) is 2. The van der Waals surface area contributed by atoms with Gasteiger partial charge in [0.05, 0.1) is 11.4 Å². The minimum absolute atomic E-state index is 0.000233. The summed E-state index contributed by atoms with van der Waals surface area (Å²) in [6, 6.07) is 83.4. The van der Waals surface area contributed by atoms with E-state index in [1.54, 1.807) is 0 Å². The molecule has 0 saturated carbocycles. The zero-order valence-corrected chi connectivity index (χ0v) is 40.2. The number of anilines is 6. The average Bonchev–Trinajstić information content (AvgIpc) is 3.40. The van der Waals surface area contributed by atoms with Gasteiger partial charge in [0, 0.05) is 33.5 Å². The molecule has 0 aromatic heterocycles. The molecule has 2 nitrogen and oxygen atoms in total. The van der Waals surface area contributed by atoms with E-state index in [1.165, 1.54) is 98.5 Å². The molecule has 0 atom stereocenters. The van der Waals surface area contributed by atoms with E-state index in [9.17, 15) is 0 Å². The second-order valence-corrected chi connectivity index (χ2v) is 20.3. The van der Waals surface area contributed by atoms with Crippen LogP contribution >= 0.6 is 0 Å². The minimum atomic E-state index is -0.000233. The fourth-order valence-electron chi connectivity index (χ4n) is 12.0. The molecular formula is C68H54N2. The largest absolute Gasteiger partial charge is 0.310 e. The number of nitrogens with zero attached hydrogens (tertiary/aromatic N) is 2. The SMILES string of the molecule is CC(C)c1cc(-c2ccc(N(c3ccccc3)c3ccccc3)c3ccccc23)c2cc3c4c(cc(-c5ccc(N(c6ccccc6)c6ccccc6)c6ccccc56)c5ccc1c2c54)CCC3(C)C. The van der Waals surface area contributed by atoms with Crippen molar-refractivity contribution in [3.63, 3.8) is 0 Å². The second-order valence-electron chi connectivity index (χ2n) is 20.3. The van der Waals surface area contributed by atoms with Crippen LogP contribution in [0.15, 0.2) is 224 Å². The van der Waals surface area contributed by atoms with Gasteiger partial charge >= 0.3 is 0 Å². The molecule has 0 N–H and O–H groups in total. The predicted octanol–water partition coefficient (Wildman–Crippen LogP) is 19.5. The van der Waals surface area contributed by atoms with Gasteiger partial charge in [-0.05, 0) is 185 Å². The van der Waals surface area contributed by atoms with E-state index in [2.05, 4.69) is 262 Å². The number of rotatable bonds is 9. The Morgan fingerprint density at radius 1 is 0.357 bits per heavy atom. The van der Waals surface area contributed by atoms with Crippen molar-refractivity contribution < 1.29 is 0 Å². The zero-order chi connectivity index (χ0) is 47.1. The highest BCUT2D eigenvalue weighted by Crippen LogP contribution is 2.54. The first kappa shape index (κ1) is 41.9. The Morgan fingerprint density at radius 2 is 0.786 bits per heavy atom. The van der Waals surface area contributed by atoms with E-state index in [0.717, 1.165) is 41.3 Å². The van der Waals surface area contributed by atoms with E-state index in [4.69, 9.17) is 0 Å². The van der Waals surface area contributed by atoms with Crippen LogP contribution in [0.2, 0.25) is 0 Å². The number of fused-ring (bicyclic) bond motifs is 2. The Hall–Kier alpha value is -8.20. The molecule has 0 heterocycles. The lowest BCUT2D eigenvalue weighted by Gasteiger charge is -2.35. The van der Waals surface area contributed by atoms with Crippen molar-refractivity contribution in [3.8, 4) is 22.3 Å². The third kappa shape index (κ3) is 6.61. The molecule has 336 valence electrons. The number of benzene rings is 12. The van der Waals surface area contributed by atoms with Crippen molar-refractivity contribution in [2.45, 2.75) is 51.9 Å². The van der Waals surface area contributed by atoms with Crippen LogP contribution in [0.4, 0.5) is 34.1 Å². The molecule has 0 bridgehead atoms. The molecule has 12 aromatic carbocycles. The highest BCUT2D eigenvalue weighted by Gasteiger charge is 2.33. The van der Waals surface area contributed by atoms with Gasteiger partial charge in [-0.25, -0.2) is 0 Å². The van der Waals surface area contributed by atoms with Crippen molar-refractivity contribution in [2.24, 2.45) is 0 Å². The Morgan fingerprint density at radius 3 is 1.26 bits per heavy atom. The Bertz CT molecular complexity index is 3850. The minimum Gasteiger partial charge on any atom is -0.310 e. The van der Waals surface area contributed by atoms with Gasteiger partial charge in [-0.1, -0.05) is 173 Å². The summed E-state index contributed by atoms with van der Waals surface area (Å²) < 4.78 is 0. The van der Waals surface area contributed by atoms with Gasteiger partial charge in [0.15, 0.2) is 0 Å². The molecular weight excluding hydrogens is 845 g/mol. The third-order valence-electron chi connectivity index (χ3n) is 15.4. The van der Waals surface area contributed by atoms with Gasteiger partial charge in [0.2, 0.25) is 0 Å². The maximum absolute atomic E-state index is 2.61. The molecule has 2 heteroatoms. The fourth-order valence-corrected chi connectivity index (χ4v) is 12.0. The molecule has 0 radical (unpaired) electrons. The molecule has 1 aliphatic carbocycles. The van der Waals surface area contributed by atoms with Gasteiger partial charge in [0.1, 0.15) is 0 Å². The van der Waals surface area contributed by atoms with Gasteiger partial charge in [-0.2, -0.15) is 0 Å². The lowest BCUT2D eigenvalue weighted by molar-refractivity contribution is 0.475. The first-order chi connectivity index (χ1) is 34.3. The molecule has 0 spiro atoms. The molecule has 0 fully saturated rings. The van der Waals surface area contributed by atoms with Gasteiger partial charge in [0.25, 0.3) is 0 Å². The summed E-state index contributed by atoms with van der Waals surface area (Å²) in [6.07, 6.45) is 2.14. The molecule has 12 aromatic rings. The van der Waals surface area contributed by atoms with Crippen LogP contribution in [-0.4, -0.2) is 0 Å². The highest BCUT2D eigenvalue weighted by molar-refractivity contribution is 6.31. The summed E-state index contributed by atoms with van der Waals surface area (Å²) in [5.74, 6) is 0.317. The summed E-state index contributed by atoms with van der Waals surface area (Å²) in [5.41, 5.74) is 16.3. The molecule has 0 aliphatic heterocycles. The van der Waals surface area contributed by atoms with Gasteiger partial charge < -0.3 is 9.80 Å². The van der Waals surface area contributed by atoms with Crippen molar-refractivity contribution in [1.29, 1.82) is 0 Å². The van der Waals surface area contributed by atoms with Crippen LogP contribution in [0.5, 0.6) is 0 Å². The maximum atomic E-state index is 2.61. The summed E-state index contributed by atoms with van der Waals surface area (Å²) in [4.78, 5) is 4.81. The quantitative estimate of drug-likeness (QED) is 0.133. The lowest BCUT2D eigenvalue weighted by atomic mass is 9.69. The normalized spacial score (nSPS) is 13.3. The van der Waals surface area contributed by atoms with Crippen LogP contribution in [0.25, 0.3) is 76.1 Å². The monoisotopic (exact) mass is 898 g/mol. The lowest BCUT2D eigenvalue weighted by Crippen LogP contribution is -2.23. The number of para-hydroxylation sites is 4. The van der Waals surface area contributed by atoms with Crippen molar-refractivity contribution in [1.82, 2.24) is 0 Å². The van der Waals surface area contributed by atoms with Gasteiger partial charge in [-0.15, -0.1) is 0 Å². The molecule has 0 unspecified atom stereocenters. The summed E-state index contributed by atoms with van der Waals surface area (Å²) in [5, 5.41) is 13.3. The molecule has 0 amide bonds. The topological polar surface area (TPSA) is 6.48 Å². The smallest absolute Gasteiger partial charge is 0.0540 e. The summed E-state index contributed by atoms with van der Waals surface area (Å²) >= 11 is 0. The highest BCUT2D eigenvalue weighted by atomic mass is 15.1. The zero-order valence-electron chi connectivity index (χ0n) is 40.2. The van der Waals surface area contributed by atoms with Crippen LogP contribution in [0, 0.1) is 0 Å². The maximum Gasteiger partial charge on any atom is 0.0540 e. The first-order valence-corrected chi connectivity index (χ1v) is 25.0. The Labute approximate surface area is 411 Å². The number of hydrogen-bond donors (Lipinski definition) is 0. The van der Waals surface area contributed by atoms with Crippen LogP contribution in [0.3, 0.4) is 0 Å². The Kier molecular flexibility index (Phi) is 9.89. The third-order valence-corrected chi connectivity index (χ3v) is 15.4. The molecule has 70 heavy (non-hydrogen) atoms. The molecule has 0 saturated heterocycles. The second kappa shape index (κ2) is 16.5. The van der Waals surface area contributed by atoms with E-state index < -0.39 is 0 Å². The average molecular weight is 899 g/mol. The molecule has 1 aliphatic rings. The van der Waals surface area contributed by atoms with E-state index in [0.29, 0.717) is 5.92 Å². The summed E-state index contributed by atoms with van der Waals surface area (Å²) in [7, 11) is 0. The predicted molar refractivity (Wildman–Crippen MR) is 301 cm³/mol. The van der Waals surface area contributed by atoms with Crippen LogP contribution in [0.1, 0.15) is 56.7 Å². The van der Waals surface area contributed by atoms with E-state index in [1.807, 2.05) is 0 Å². The van der Waals surface area contributed by atoms with E-state index >= 15 is 0 Å². The van der Waals surface area contributed by atoms with E-state index in [-0.39, 0.29) is 5.41 Å². The van der Waals surface area contributed by atoms with Gasteiger partial charge in [-0.3, -0.25) is 0 Å². The standard InChI is InChI=1S/C68H54N2/c1-44(2)58-42-60(53-36-38-64(55-32-20-18-30-51(53)55)70(48-25-13-7-14-26-48)49-27-15-8-16-28-49)61-43-62-65-45(39-40-68(62,3)4)41-59(57-34-33-56(58)66(61)67(57)65)52-35-37-63(54-31-19-17-29-50(52)54)69(46-21-9-5-10-22-46)47-23-11-6-12-24-47/h5-38,41-44H,39-40H2,1-4H3. The Balaban J connectivity index is 1.09. The van der Waals surface area contributed by atoms with Crippen molar-refractivity contribution in [2.75, 3.05) is 9.80 Å². The first-order valence-electron chi connectivity index (χ1n) is 25.0. The van der Waals surface area contributed by atoms with Crippen molar-refractivity contribution >= 4 is 88.0 Å². The molecule has 13 rings (SSSR count). The number of aryl methyl sites for hydroxylation is 1. The van der Waals surface area contributed by atoms with Crippen molar-refractivity contribution in [3.05, 3.63) is 241 Å². The van der Waals surface area contributed by atoms with Crippen LogP contribution in [-0.2, 0) is 11.8 Å². The summed E-state index contributed by atoms with van der Waals surface area (Å²) in [6.45, 7) is 9.67.